The highest BCUT2D eigenvalue weighted by Crippen LogP contribution is 1.95. The Balaban J connectivity index is 2.71. The van der Waals surface area contributed by atoms with Gasteiger partial charge in [-0.25, -0.2) is 4.68 Å². The van der Waals surface area contributed by atoms with Crippen molar-refractivity contribution in [3.63, 3.8) is 0 Å². The van der Waals surface area contributed by atoms with E-state index in [-0.39, 0.29) is 0 Å². The van der Waals surface area contributed by atoms with Crippen LogP contribution in [0.1, 0.15) is 19.2 Å². The number of aryl methyl sites for hydroxylation is 1. The lowest BCUT2D eigenvalue weighted by Gasteiger charge is -1.96. The van der Waals surface area contributed by atoms with Gasteiger partial charge in [0.05, 0.1) is 0 Å². The van der Waals surface area contributed by atoms with Crippen LogP contribution in [0.5, 0.6) is 0 Å². The average molecular weight is 150 g/mol. The number of aromatic nitrogens is 4. The molecule has 1 rings (SSSR count). The number of terminal acetylenes is 1. The van der Waals surface area contributed by atoms with Crippen molar-refractivity contribution in [1.82, 2.24) is 20.2 Å². The Morgan fingerprint density at radius 3 is 3.09 bits per heavy atom. The lowest BCUT2D eigenvalue weighted by atomic mass is 10.3. The van der Waals surface area contributed by atoms with E-state index in [0.717, 1.165) is 18.7 Å². The summed E-state index contributed by atoms with van der Waals surface area (Å²) in [7, 11) is 0. The molecule has 4 nitrogen and oxygen atoms in total. The average Bonchev–Trinajstić information content (AvgIpc) is 2.39. The van der Waals surface area contributed by atoms with Crippen LogP contribution >= 0.6 is 0 Å². The van der Waals surface area contributed by atoms with Crippen molar-refractivity contribution in [2.45, 2.75) is 26.3 Å². The van der Waals surface area contributed by atoms with Gasteiger partial charge in [-0.15, -0.1) is 11.5 Å². The molecule has 0 atom stereocenters. The minimum atomic E-state index is 0.461. The molecule has 0 fully saturated rings. The molecule has 11 heavy (non-hydrogen) atoms. The van der Waals surface area contributed by atoms with Gasteiger partial charge in [0.25, 0.3) is 0 Å². The molecule has 0 bridgehead atoms. The van der Waals surface area contributed by atoms with E-state index in [9.17, 15) is 0 Å². The van der Waals surface area contributed by atoms with Gasteiger partial charge < -0.3 is 0 Å². The molecule has 1 aromatic rings. The monoisotopic (exact) mass is 150 g/mol. The largest absolute Gasteiger partial charge is 0.218 e. The molecule has 0 unspecified atom stereocenters. The van der Waals surface area contributed by atoms with Crippen LogP contribution < -0.4 is 0 Å². The van der Waals surface area contributed by atoms with Crippen molar-refractivity contribution >= 4 is 0 Å². The van der Waals surface area contributed by atoms with Crippen LogP contribution in [-0.2, 0) is 13.0 Å². The molecule has 0 aliphatic carbocycles. The van der Waals surface area contributed by atoms with Crippen molar-refractivity contribution in [2.75, 3.05) is 0 Å². The first-order valence-corrected chi connectivity index (χ1v) is 3.57. The number of tetrazole rings is 1. The molecule has 0 aliphatic heterocycles. The number of nitrogens with zero attached hydrogens (tertiary/aromatic N) is 4. The molecule has 0 spiro atoms. The maximum Gasteiger partial charge on any atom is 0.152 e. The molecule has 0 aliphatic rings. The highest BCUT2D eigenvalue weighted by molar-refractivity contribution is 4.89. The second kappa shape index (κ2) is 3.71. The molecular weight excluding hydrogens is 140 g/mol. The normalized spacial score (nSPS) is 9.45. The molecule has 0 aromatic carbocycles. The standard InChI is InChI=1S/C7H10N4/c1-3-5-7-8-9-10-11(7)6-4-2/h2H,3,5-6H2,1H3. The lowest BCUT2D eigenvalue weighted by molar-refractivity contribution is 0.632. The Hall–Kier alpha value is -1.37. The summed E-state index contributed by atoms with van der Waals surface area (Å²) in [5, 5.41) is 11.1. The Bertz CT molecular complexity index is 258. The third-order valence-corrected chi connectivity index (χ3v) is 1.32. The molecule has 0 saturated heterocycles. The van der Waals surface area contributed by atoms with Gasteiger partial charge in [0.15, 0.2) is 5.82 Å². The van der Waals surface area contributed by atoms with Crippen LogP contribution in [0.15, 0.2) is 0 Å². The smallest absolute Gasteiger partial charge is 0.152 e. The topological polar surface area (TPSA) is 43.6 Å². The van der Waals surface area contributed by atoms with Gasteiger partial charge in [-0.05, 0) is 16.8 Å². The Morgan fingerprint density at radius 1 is 1.64 bits per heavy atom. The van der Waals surface area contributed by atoms with E-state index in [1.54, 1.807) is 4.68 Å². The fraction of sp³-hybridized carbons (Fsp3) is 0.571. The molecular formula is C7H10N4. The summed E-state index contributed by atoms with van der Waals surface area (Å²) >= 11 is 0. The Morgan fingerprint density at radius 2 is 2.45 bits per heavy atom. The lowest BCUT2D eigenvalue weighted by Crippen LogP contribution is -2.04. The second-order valence-corrected chi connectivity index (χ2v) is 2.21. The first-order chi connectivity index (χ1) is 5.38. The maximum absolute atomic E-state index is 5.12. The van der Waals surface area contributed by atoms with Crippen molar-refractivity contribution in [3.05, 3.63) is 5.82 Å². The molecule has 0 radical (unpaired) electrons. The summed E-state index contributed by atoms with van der Waals surface area (Å²) in [6, 6.07) is 0. The SMILES string of the molecule is C#CCn1nnnc1CCC. The minimum absolute atomic E-state index is 0.461. The first-order valence-electron chi connectivity index (χ1n) is 3.57. The fourth-order valence-electron chi connectivity index (χ4n) is 0.835. The molecule has 0 N–H and O–H groups in total. The zero-order chi connectivity index (χ0) is 8.10. The number of hydrogen-bond donors (Lipinski definition) is 0. The van der Waals surface area contributed by atoms with Crippen molar-refractivity contribution in [3.8, 4) is 12.3 Å². The van der Waals surface area contributed by atoms with Crippen molar-refractivity contribution in [2.24, 2.45) is 0 Å². The molecule has 0 saturated carbocycles. The van der Waals surface area contributed by atoms with Crippen LogP contribution in [0.3, 0.4) is 0 Å². The summed E-state index contributed by atoms with van der Waals surface area (Å²) in [6.45, 7) is 2.54. The van der Waals surface area contributed by atoms with E-state index in [1.807, 2.05) is 0 Å². The second-order valence-electron chi connectivity index (χ2n) is 2.21. The molecule has 1 heterocycles. The summed E-state index contributed by atoms with van der Waals surface area (Å²) in [4.78, 5) is 0. The van der Waals surface area contributed by atoms with Gasteiger partial charge >= 0.3 is 0 Å². The van der Waals surface area contributed by atoms with Gasteiger partial charge in [0.1, 0.15) is 6.54 Å². The summed E-state index contributed by atoms with van der Waals surface area (Å²) in [5.41, 5.74) is 0. The highest BCUT2D eigenvalue weighted by atomic mass is 15.5. The predicted molar refractivity (Wildman–Crippen MR) is 40.6 cm³/mol. The van der Waals surface area contributed by atoms with E-state index < -0.39 is 0 Å². The van der Waals surface area contributed by atoms with E-state index in [2.05, 4.69) is 28.4 Å². The molecule has 58 valence electrons. The summed E-state index contributed by atoms with van der Waals surface area (Å²) < 4.78 is 1.64. The van der Waals surface area contributed by atoms with Crippen molar-refractivity contribution in [1.29, 1.82) is 0 Å². The number of hydrogen-bond acceptors (Lipinski definition) is 3. The first kappa shape index (κ1) is 7.73. The molecule has 4 heteroatoms. The Labute approximate surface area is 65.6 Å². The van der Waals surface area contributed by atoms with Crippen LogP contribution in [0.4, 0.5) is 0 Å². The highest BCUT2D eigenvalue weighted by Gasteiger charge is 2.01. The van der Waals surface area contributed by atoms with E-state index in [0.29, 0.717) is 6.54 Å². The van der Waals surface area contributed by atoms with E-state index in [4.69, 9.17) is 6.42 Å². The van der Waals surface area contributed by atoms with Crippen molar-refractivity contribution < 1.29 is 0 Å². The van der Waals surface area contributed by atoms with E-state index in [1.165, 1.54) is 0 Å². The predicted octanol–water partition coefficient (Wildman–Crippen LogP) is 0.259. The summed E-state index contributed by atoms with van der Waals surface area (Å²) in [5.74, 6) is 3.36. The summed E-state index contributed by atoms with van der Waals surface area (Å²) in [6.07, 6.45) is 7.03. The third-order valence-electron chi connectivity index (χ3n) is 1.32. The van der Waals surface area contributed by atoms with Gasteiger partial charge in [0.2, 0.25) is 0 Å². The molecule has 0 amide bonds. The maximum atomic E-state index is 5.12. The zero-order valence-corrected chi connectivity index (χ0v) is 6.49. The van der Waals surface area contributed by atoms with Crippen LogP contribution in [0, 0.1) is 12.3 Å². The van der Waals surface area contributed by atoms with Gasteiger partial charge in [-0.2, -0.15) is 0 Å². The van der Waals surface area contributed by atoms with E-state index >= 15 is 0 Å². The minimum Gasteiger partial charge on any atom is -0.218 e. The van der Waals surface area contributed by atoms with Crippen LogP contribution in [-0.4, -0.2) is 20.2 Å². The molecule has 1 aromatic heterocycles. The quantitative estimate of drug-likeness (QED) is 0.580. The number of rotatable bonds is 3. The third kappa shape index (κ3) is 1.77. The van der Waals surface area contributed by atoms with Gasteiger partial charge in [-0.1, -0.05) is 12.8 Å². The fourth-order valence-corrected chi connectivity index (χ4v) is 0.835. The van der Waals surface area contributed by atoms with Gasteiger partial charge in [-0.3, -0.25) is 0 Å². The van der Waals surface area contributed by atoms with Crippen LogP contribution in [0.25, 0.3) is 0 Å². The van der Waals surface area contributed by atoms with Gasteiger partial charge in [0, 0.05) is 6.42 Å². The zero-order valence-electron chi connectivity index (χ0n) is 6.49. The van der Waals surface area contributed by atoms with Crippen LogP contribution in [0.2, 0.25) is 0 Å². The Kier molecular flexibility index (Phi) is 2.61.